The molecule has 4 aliphatic carbocycles. The molecule has 36 heavy (non-hydrogen) atoms. The molecule has 3 aromatic rings. The molecule has 4 saturated carbocycles. The van der Waals surface area contributed by atoms with Gasteiger partial charge in [-0.3, -0.25) is 4.79 Å². The van der Waals surface area contributed by atoms with Crippen molar-refractivity contribution >= 4 is 11.7 Å². The second kappa shape index (κ2) is 9.68. The molecule has 1 N–H and O–H groups in total. The summed E-state index contributed by atoms with van der Waals surface area (Å²) in [6.07, 6.45) is 12.0. The zero-order valence-electron chi connectivity index (χ0n) is 21.1. The molecule has 1 amide bonds. The van der Waals surface area contributed by atoms with Crippen LogP contribution in [0.4, 0.5) is 5.82 Å². The minimum absolute atomic E-state index is 0.00267. The number of benzene rings is 2. The van der Waals surface area contributed by atoms with E-state index in [9.17, 15) is 4.79 Å². The third-order valence-electron chi connectivity index (χ3n) is 8.68. The summed E-state index contributed by atoms with van der Waals surface area (Å²) in [4.78, 5) is 22.8. The minimum Gasteiger partial charge on any atom is -0.497 e. The summed E-state index contributed by atoms with van der Waals surface area (Å²) in [5, 5.41) is 3.13. The number of aryl methyl sites for hydroxylation is 1. The predicted molar refractivity (Wildman–Crippen MR) is 142 cm³/mol. The van der Waals surface area contributed by atoms with Crippen LogP contribution in [0.2, 0.25) is 0 Å². The van der Waals surface area contributed by atoms with E-state index in [2.05, 4.69) is 17.4 Å². The van der Waals surface area contributed by atoms with E-state index in [1.807, 2.05) is 42.5 Å². The van der Waals surface area contributed by atoms with Gasteiger partial charge in [-0.1, -0.05) is 30.3 Å². The number of ether oxygens (including phenoxy) is 1. The molecule has 4 aliphatic rings. The van der Waals surface area contributed by atoms with E-state index < -0.39 is 0 Å². The number of nitrogens with one attached hydrogen (secondary N) is 1. The van der Waals surface area contributed by atoms with Gasteiger partial charge in [0.2, 0.25) is 5.91 Å². The Balaban J connectivity index is 1.26. The van der Waals surface area contributed by atoms with Gasteiger partial charge in [-0.25, -0.2) is 9.97 Å². The van der Waals surface area contributed by atoms with Gasteiger partial charge < -0.3 is 10.1 Å². The Kier molecular flexibility index (Phi) is 6.24. The van der Waals surface area contributed by atoms with Crippen LogP contribution in [-0.2, 0) is 17.6 Å². The van der Waals surface area contributed by atoms with Gasteiger partial charge in [0.1, 0.15) is 5.75 Å². The van der Waals surface area contributed by atoms with Crippen molar-refractivity contribution in [3.8, 4) is 17.0 Å². The number of anilines is 1. The quantitative estimate of drug-likeness (QED) is 0.400. The molecule has 1 aromatic heterocycles. The van der Waals surface area contributed by atoms with Gasteiger partial charge in [0, 0.05) is 12.0 Å². The van der Waals surface area contributed by atoms with Gasteiger partial charge in [-0.15, -0.1) is 0 Å². The minimum atomic E-state index is -0.00267. The summed E-state index contributed by atoms with van der Waals surface area (Å²) < 4.78 is 5.32. The highest BCUT2D eigenvalue weighted by Gasteiger charge is 2.51. The van der Waals surface area contributed by atoms with Gasteiger partial charge in [-0.2, -0.15) is 0 Å². The van der Waals surface area contributed by atoms with Crippen molar-refractivity contribution in [1.82, 2.24) is 9.97 Å². The van der Waals surface area contributed by atoms with Crippen molar-refractivity contribution in [1.29, 1.82) is 0 Å². The Bertz CT molecular complexity index is 1190. The van der Waals surface area contributed by atoms with Gasteiger partial charge in [0.15, 0.2) is 5.82 Å². The molecule has 1 heterocycles. The van der Waals surface area contributed by atoms with Crippen molar-refractivity contribution in [3.05, 3.63) is 72.1 Å². The molecule has 0 spiro atoms. The van der Waals surface area contributed by atoms with Crippen LogP contribution in [0.5, 0.6) is 5.75 Å². The van der Waals surface area contributed by atoms with Crippen LogP contribution < -0.4 is 10.1 Å². The highest BCUT2D eigenvalue weighted by atomic mass is 16.5. The lowest BCUT2D eigenvalue weighted by Gasteiger charge is -2.57. The van der Waals surface area contributed by atoms with Crippen molar-refractivity contribution in [3.63, 3.8) is 0 Å². The number of aromatic nitrogens is 2. The molecule has 2 aromatic carbocycles. The molecule has 0 aliphatic heterocycles. The summed E-state index contributed by atoms with van der Waals surface area (Å²) in [7, 11) is 1.67. The average Bonchev–Trinajstić information content (AvgIpc) is 2.88. The van der Waals surface area contributed by atoms with Crippen LogP contribution in [0.3, 0.4) is 0 Å². The highest BCUT2D eigenvalue weighted by molar-refractivity contribution is 5.90. The number of carbonyl (C=O) groups excluding carboxylic acids is 1. The zero-order valence-corrected chi connectivity index (χ0v) is 21.1. The fourth-order valence-electron chi connectivity index (χ4n) is 7.51. The molecule has 5 heteroatoms. The van der Waals surface area contributed by atoms with E-state index >= 15 is 0 Å². The zero-order chi connectivity index (χ0) is 24.5. The summed E-state index contributed by atoms with van der Waals surface area (Å²) in [6.45, 7) is 0. The topological polar surface area (TPSA) is 64.1 Å². The second-order valence-electron chi connectivity index (χ2n) is 11.4. The van der Waals surface area contributed by atoms with E-state index in [-0.39, 0.29) is 5.91 Å². The molecule has 0 atom stereocenters. The first-order chi connectivity index (χ1) is 17.6. The number of methoxy groups -OCH3 is 1. The third-order valence-corrected chi connectivity index (χ3v) is 8.68. The van der Waals surface area contributed by atoms with Gasteiger partial charge in [0.25, 0.3) is 0 Å². The predicted octanol–water partition coefficient (Wildman–Crippen LogP) is 6.48. The molecule has 0 unspecified atom stereocenters. The second-order valence-corrected chi connectivity index (χ2v) is 11.4. The Morgan fingerprint density at radius 3 is 2.28 bits per heavy atom. The molecule has 5 nitrogen and oxygen atoms in total. The summed E-state index contributed by atoms with van der Waals surface area (Å²) in [5.41, 5.74) is 4.28. The summed E-state index contributed by atoms with van der Waals surface area (Å²) in [6, 6.07) is 18.1. The van der Waals surface area contributed by atoms with Crippen LogP contribution in [0.1, 0.15) is 56.2 Å². The Labute approximate surface area is 213 Å². The smallest absolute Gasteiger partial charge is 0.225 e. The molecule has 186 valence electrons. The van der Waals surface area contributed by atoms with Crippen LogP contribution in [0.25, 0.3) is 11.3 Å². The molecular weight excluding hydrogens is 446 g/mol. The molecule has 7 rings (SSSR count). The number of carbonyl (C=O) groups is 1. The van der Waals surface area contributed by atoms with Crippen molar-refractivity contribution in [2.24, 2.45) is 23.2 Å². The maximum absolute atomic E-state index is 12.9. The highest BCUT2D eigenvalue weighted by Crippen LogP contribution is 2.61. The molecule has 4 bridgehead atoms. The van der Waals surface area contributed by atoms with Crippen molar-refractivity contribution in [2.45, 2.75) is 57.8 Å². The Morgan fingerprint density at radius 1 is 0.972 bits per heavy atom. The largest absolute Gasteiger partial charge is 0.497 e. The fraction of sp³-hybridized carbons (Fsp3) is 0.452. The monoisotopic (exact) mass is 481 g/mol. The standard InChI is InChI=1S/C31H35N3O2/c1-36-26-10-8-25(9-11-26)28-20-32-30(34-29(35)12-7-21-5-3-2-4-6-21)27(33-28)19-31-16-22-13-23(17-31)15-24(14-22)18-31/h2-6,8-11,20,22-24H,7,12-19H2,1H3,(H,32,34,35). The SMILES string of the molecule is COc1ccc(-c2cnc(NC(=O)CCc3ccccc3)c(CC34CC5CC(CC(C5)C3)C4)n2)cc1. The van der Waals surface area contributed by atoms with E-state index in [4.69, 9.17) is 14.7 Å². The van der Waals surface area contributed by atoms with Gasteiger partial charge in [0.05, 0.1) is 24.7 Å². The van der Waals surface area contributed by atoms with Crippen LogP contribution >= 0.6 is 0 Å². The number of nitrogens with zero attached hydrogens (tertiary/aromatic N) is 2. The van der Waals surface area contributed by atoms with E-state index in [0.29, 0.717) is 24.1 Å². The molecule has 0 radical (unpaired) electrons. The lowest BCUT2D eigenvalue weighted by Crippen LogP contribution is -2.47. The van der Waals surface area contributed by atoms with Crippen LogP contribution in [0.15, 0.2) is 60.8 Å². The van der Waals surface area contributed by atoms with Crippen molar-refractivity contribution in [2.75, 3.05) is 12.4 Å². The van der Waals surface area contributed by atoms with Crippen LogP contribution in [0, 0.1) is 23.2 Å². The number of hydrogen-bond donors (Lipinski definition) is 1. The lowest BCUT2D eigenvalue weighted by molar-refractivity contribution is -0.116. The number of rotatable bonds is 8. The first-order valence-corrected chi connectivity index (χ1v) is 13.4. The molecule has 4 fully saturated rings. The Morgan fingerprint density at radius 2 is 1.64 bits per heavy atom. The number of hydrogen-bond acceptors (Lipinski definition) is 4. The molecular formula is C31H35N3O2. The van der Waals surface area contributed by atoms with E-state index in [1.54, 1.807) is 13.3 Å². The maximum atomic E-state index is 12.9. The van der Waals surface area contributed by atoms with E-state index in [1.165, 1.54) is 44.1 Å². The van der Waals surface area contributed by atoms with Crippen molar-refractivity contribution < 1.29 is 9.53 Å². The summed E-state index contributed by atoms with van der Waals surface area (Å²) in [5.74, 6) is 4.08. The fourth-order valence-corrected chi connectivity index (χ4v) is 7.51. The van der Waals surface area contributed by atoms with Gasteiger partial charge >= 0.3 is 0 Å². The first-order valence-electron chi connectivity index (χ1n) is 13.4. The number of amides is 1. The van der Waals surface area contributed by atoms with Gasteiger partial charge in [-0.05, 0) is 104 Å². The maximum Gasteiger partial charge on any atom is 0.225 e. The normalized spacial score (nSPS) is 26.1. The van der Waals surface area contributed by atoms with Crippen LogP contribution in [-0.4, -0.2) is 23.0 Å². The Hall–Kier alpha value is -3.21. The molecule has 0 saturated heterocycles. The first kappa shape index (κ1) is 23.2. The third kappa shape index (κ3) is 4.88. The summed E-state index contributed by atoms with van der Waals surface area (Å²) >= 11 is 0. The van der Waals surface area contributed by atoms with E-state index in [0.717, 1.165) is 46.9 Å². The lowest BCUT2D eigenvalue weighted by atomic mass is 9.48. The average molecular weight is 482 g/mol.